The summed E-state index contributed by atoms with van der Waals surface area (Å²) in [4.78, 5) is 3.85. The molecule has 1 aliphatic rings. The van der Waals surface area contributed by atoms with Crippen molar-refractivity contribution in [3.63, 3.8) is 0 Å². The van der Waals surface area contributed by atoms with Crippen LogP contribution in [0, 0.1) is 0 Å². The summed E-state index contributed by atoms with van der Waals surface area (Å²) >= 11 is 0. The number of hydrogen-bond acceptors (Lipinski definition) is 7. The lowest BCUT2D eigenvalue weighted by Gasteiger charge is -2.45. The molecule has 0 saturated carbocycles. The van der Waals surface area contributed by atoms with Gasteiger partial charge in [0.05, 0.1) is 38.7 Å². The maximum absolute atomic E-state index is 14.6. The number of para-hydroxylation sites is 1. The second kappa shape index (κ2) is 18.6. The second-order valence-electron chi connectivity index (χ2n) is 12.2. The van der Waals surface area contributed by atoms with Crippen molar-refractivity contribution in [2.75, 3.05) is 6.61 Å². The average molecular weight is 712 g/mol. The Morgan fingerprint density at radius 3 is 1.38 bits per heavy atom. The van der Waals surface area contributed by atoms with Crippen LogP contribution < -0.4 is 0 Å². The molecule has 0 amide bonds. The quantitative estimate of drug-likeness (QED) is 0.0798. The molecule has 5 aromatic carbocycles. The minimum Gasteiger partial charge on any atom is -0.441 e. The predicted molar refractivity (Wildman–Crippen MR) is 190 cm³/mol. The number of hydrogen-bond donors (Lipinski definition) is 0. The van der Waals surface area contributed by atoms with Crippen LogP contribution in [0.3, 0.4) is 0 Å². The molecule has 0 radical (unpaired) electrons. The van der Waals surface area contributed by atoms with Gasteiger partial charge in [0.1, 0.15) is 24.4 Å². The molecule has 0 aromatic heterocycles. The summed E-state index contributed by atoms with van der Waals surface area (Å²) in [6, 6.07) is 45.7. The first-order chi connectivity index (χ1) is 25.4. The number of alkyl halides is 3. The van der Waals surface area contributed by atoms with Gasteiger partial charge in [0, 0.05) is 0 Å². The molecule has 10 heteroatoms. The SMILES string of the molecule is FC(F)(F)C(=Nc1ccccc1)OC1OC(COCc2ccccc2)[C@H](OCc2ccccc2)[C@@H](OCc2ccccc2)C1OCc1ccccc1. The monoisotopic (exact) mass is 711 g/mol. The Morgan fingerprint density at radius 1 is 0.519 bits per heavy atom. The van der Waals surface area contributed by atoms with Crippen LogP contribution in [0.4, 0.5) is 18.9 Å². The van der Waals surface area contributed by atoms with E-state index >= 15 is 0 Å². The van der Waals surface area contributed by atoms with Gasteiger partial charge in [-0.25, -0.2) is 4.99 Å². The maximum Gasteiger partial charge on any atom is 0.468 e. The van der Waals surface area contributed by atoms with Gasteiger partial charge in [-0.05, 0) is 34.4 Å². The van der Waals surface area contributed by atoms with Crippen molar-refractivity contribution in [2.45, 2.75) is 63.3 Å². The molecule has 6 rings (SSSR count). The van der Waals surface area contributed by atoms with E-state index in [2.05, 4.69) is 4.99 Å². The summed E-state index contributed by atoms with van der Waals surface area (Å²) in [5.74, 6) is -1.48. The average Bonchev–Trinajstić information content (AvgIpc) is 3.17. The Labute approximate surface area is 301 Å². The van der Waals surface area contributed by atoms with E-state index in [4.69, 9.17) is 28.4 Å². The zero-order chi connectivity index (χ0) is 36.0. The van der Waals surface area contributed by atoms with E-state index in [1.807, 2.05) is 121 Å². The van der Waals surface area contributed by atoms with Gasteiger partial charge < -0.3 is 28.4 Å². The van der Waals surface area contributed by atoms with Crippen LogP contribution in [-0.4, -0.2) is 49.4 Å². The zero-order valence-electron chi connectivity index (χ0n) is 28.4. The lowest BCUT2D eigenvalue weighted by atomic mass is 9.97. The van der Waals surface area contributed by atoms with E-state index < -0.39 is 42.8 Å². The molecule has 7 nitrogen and oxygen atoms in total. The van der Waals surface area contributed by atoms with Crippen LogP contribution in [0.25, 0.3) is 0 Å². The minimum atomic E-state index is -4.95. The summed E-state index contributed by atoms with van der Waals surface area (Å²) in [5.41, 5.74) is 3.53. The number of ether oxygens (including phenoxy) is 6. The molecule has 0 bridgehead atoms. The van der Waals surface area contributed by atoms with Gasteiger partial charge in [0.25, 0.3) is 5.90 Å². The molecule has 1 fully saturated rings. The third kappa shape index (κ3) is 10.8. The molecule has 0 N–H and O–H groups in total. The van der Waals surface area contributed by atoms with Crippen LogP contribution in [0.15, 0.2) is 157 Å². The summed E-state index contributed by atoms with van der Waals surface area (Å²) in [6.07, 6.45) is -10.5. The number of aliphatic imine (C=N–C) groups is 1. The van der Waals surface area contributed by atoms with Gasteiger partial charge >= 0.3 is 6.18 Å². The van der Waals surface area contributed by atoms with E-state index in [0.29, 0.717) is 0 Å². The number of benzene rings is 5. The predicted octanol–water partition coefficient (Wildman–Crippen LogP) is 8.99. The Kier molecular flexibility index (Phi) is 13.2. The molecule has 5 aromatic rings. The molecular weight excluding hydrogens is 671 g/mol. The Balaban J connectivity index is 1.37. The number of nitrogens with zero attached hydrogens (tertiary/aromatic N) is 1. The zero-order valence-corrected chi connectivity index (χ0v) is 28.4. The van der Waals surface area contributed by atoms with Crippen molar-refractivity contribution in [1.29, 1.82) is 0 Å². The smallest absolute Gasteiger partial charge is 0.441 e. The van der Waals surface area contributed by atoms with Crippen molar-refractivity contribution in [3.05, 3.63) is 174 Å². The maximum atomic E-state index is 14.6. The first-order valence-electron chi connectivity index (χ1n) is 17.0. The second-order valence-corrected chi connectivity index (χ2v) is 12.2. The molecule has 0 aliphatic carbocycles. The molecule has 5 atom stereocenters. The minimum absolute atomic E-state index is 0.0394. The normalized spacial score (nSPS) is 20.8. The summed E-state index contributed by atoms with van der Waals surface area (Å²) in [6.45, 7) is 0.538. The van der Waals surface area contributed by atoms with E-state index in [1.54, 1.807) is 18.2 Å². The Morgan fingerprint density at radius 2 is 0.923 bits per heavy atom. The standard InChI is InChI=1S/C42H40F3NO6/c43-42(44,45)41(46-35-24-14-5-15-25-35)52-40-39(50-29-34-22-12-4-13-23-34)38(49-28-33-20-10-3-11-21-33)37(48-27-32-18-8-2-9-19-32)36(51-40)30-47-26-31-16-6-1-7-17-31/h1-25,36-40H,26-30H2/t36?,37-,38+,39?,40?/m0/s1. The number of halogens is 3. The van der Waals surface area contributed by atoms with Crippen molar-refractivity contribution >= 4 is 11.6 Å². The van der Waals surface area contributed by atoms with E-state index in [-0.39, 0.29) is 38.7 Å². The largest absolute Gasteiger partial charge is 0.468 e. The van der Waals surface area contributed by atoms with Crippen LogP contribution in [0.5, 0.6) is 0 Å². The third-order valence-corrected chi connectivity index (χ3v) is 8.30. The van der Waals surface area contributed by atoms with E-state index in [9.17, 15) is 13.2 Å². The number of rotatable bonds is 15. The molecular formula is C42H40F3NO6. The lowest BCUT2D eigenvalue weighted by Crippen LogP contribution is -2.62. The fraction of sp³-hybridized carbons (Fsp3) is 0.262. The molecule has 3 unspecified atom stereocenters. The van der Waals surface area contributed by atoms with Gasteiger partial charge in [-0.15, -0.1) is 0 Å². The molecule has 1 aliphatic heterocycles. The lowest BCUT2D eigenvalue weighted by molar-refractivity contribution is -0.316. The van der Waals surface area contributed by atoms with Gasteiger partial charge in [0.2, 0.25) is 6.29 Å². The highest BCUT2D eigenvalue weighted by molar-refractivity contribution is 5.84. The molecule has 1 heterocycles. The summed E-state index contributed by atoms with van der Waals surface area (Å²) in [5, 5.41) is 0. The van der Waals surface area contributed by atoms with Crippen molar-refractivity contribution < 1.29 is 41.6 Å². The summed E-state index contributed by atoms with van der Waals surface area (Å²) in [7, 11) is 0. The van der Waals surface area contributed by atoms with Crippen molar-refractivity contribution in [2.24, 2.45) is 4.99 Å². The van der Waals surface area contributed by atoms with Gasteiger partial charge in [0.15, 0.2) is 0 Å². The molecule has 270 valence electrons. The van der Waals surface area contributed by atoms with Crippen molar-refractivity contribution in [3.8, 4) is 0 Å². The first-order valence-corrected chi connectivity index (χ1v) is 17.0. The first kappa shape index (κ1) is 36.9. The fourth-order valence-electron chi connectivity index (χ4n) is 5.73. The fourth-order valence-corrected chi connectivity index (χ4v) is 5.73. The van der Waals surface area contributed by atoms with Crippen LogP contribution >= 0.6 is 0 Å². The Hall–Kier alpha value is -4.84. The van der Waals surface area contributed by atoms with E-state index in [0.717, 1.165) is 22.3 Å². The highest BCUT2D eigenvalue weighted by Crippen LogP contribution is 2.34. The van der Waals surface area contributed by atoms with Crippen molar-refractivity contribution in [1.82, 2.24) is 0 Å². The van der Waals surface area contributed by atoms with Gasteiger partial charge in [-0.3, -0.25) is 0 Å². The molecule has 1 saturated heterocycles. The highest BCUT2D eigenvalue weighted by atomic mass is 19.4. The Bertz CT molecular complexity index is 1780. The van der Waals surface area contributed by atoms with Gasteiger partial charge in [-0.2, -0.15) is 13.2 Å². The van der Waals surface area contributed by atoms with Gasteiger partial charge in [-0.1, -0.05) is 140 Å². The topological polar surface area (TPSA) is 67.7 Å². The molecule has 52 heavy (non-hydrogen) atoms. The highest BCUT2D eigenvalue weighted by Gasteiger charge is 2.52. The van der Waals surface area contributed by atoms with Crippen LogP contribution in [0.1, 0.15) is 22.3 Å². The van der Waals surface area contributed by atoms with Crippen LogP contribution in [-0.2, 0) is 54.8 Å². The van der Waals surface area contributed by atoms with Crippen LogP contribution in [0.2, 0.25) is 0 Å². The third-order valence-electron chi connectivity index (χ3n) is 8.30. The summed E-state index contributed by atoms with van der Waals surface area (Å²) < 4.78 is 81.8. The van der Waals surface area contributed by atoms with E-state index in [1.165, 1.54) is 12.1 Å². The molecule has 0 spiro atoms.